The van der Waals surface area contributed by atoms with Crippen LogP contribution in [0.2, 0.25) is 0 Å². The molecule has 3 aliphatic rings. The van der Waals surface area contributed by atoms with Crippen LogP contribution < -0.4 is 10.6 Å². The van der Waals surface area contributed by atoms with Gasteiger partial charge < -0.3 is 20.1 Å². The van der Waals surface area contributed by atoms with Crippen molar-refractivity contribution in [1.29, 1.82) is 0 Å². The second-order valence-corrected chi connectivity index (χ2v) is 9.11. The zero-order valence-electron chi connectivity index (χ0n) is 19.1. The Morgan fingerprint density at radius 2 is 1.87 bits per heavy atom. The maximum absolute atomic E-state index is 5.82. The average molecular weight is 537 g/mol. The van der Waals surface area contributed by atoms with Crippen LogP contribution in [0.3, 0.4) is 0 Å². The van der Waals surface area contributed by atoms with Gasteiger partial charge in [-0.05, 0) is 58.5 Å². The summed E-state index contributed by atoms with van der Waals surface area (Å²) in [7, 11) is 0. The molecule has 30 heavy (non-hydrogen) atoms. The Hall–Kier alpha value is -0.120. The lowest BCUT2D eigenvalue weighted by Crippen LogP contribution is -2.54. The Balaban J connectivity index is 0.00000320. The van der Waals surface area contributed by atoms with Crippen molar-refractivity contribution in [2.24, 2.45) is 10.9 Å². The lowest BCUT2D eigenvalue weighted by molar-refractivity contribution is 0.0407. The van der Waals surface area contributed by atoms with E-state index >= 15 is 0 Å². The van der Waals surface area contributed by atoms with Crippen LogP contribution in [0.5, 0.6) is 0 Å². The van der Waals surface area contributed by atoms with Crippen molar-refractivity contribution >= 4 is 29.9 Å². The molecule has 0 aromatic heterocycles. The predicted molar refractivity (Wildman–Crippen MR) is 135 cm³/mol. The third-order valence-electron chi connectivity index (χ3n) is 6.82. The predicted octanol–water partition coefficient (Wildman–Crippen LogP) is 3.79. The summed E-state index contributed by atoms with van der Waals surface area (Å²) in [5, 5.41) is 6.97. The summed E-state index contributed by atoms with van der Waals surface area (Å²) in [5.41, 5.74) is 0.299. The summed E-state index contributed by atoms with van der Waals surface area (Å²) < 4.78 is 11.2. The first-order valence-corrected chi connectivity index (χ1v) is 12.3. The summed E-state index contributed by atoms with van der Waals surface area (Å²) in [6.07, 6.45) is 13.0. The van der Waals surface area contributed by atoms with E-state index in [1.165, 1.54) is 64.5 Å². The molecule has 0 radical (unpaired) electrons. The lowest BCUT2D eigenvalue weighted by Gasteiger charge is -2.47. The van der Waals surface area contributed by atoms with Crippen LogP contribution in [0.1, 0.15) is 71.1 Å². The van der Waals surface area contributed by atoms with Crippen LogP contribution in [-0.2, 0) is 9.47 Å². The summed E-state index contributed by atoms with van der Waals surface area (Å²) >= 11 is 0. The zero-order chi connectivity index (χ0) is 20.2. The van der Waals surface area contributed by atoms with Crippen LogP contribution in [0, 0.1) is 5.92 Å². The first-order valence-electron chi connectivity index (χ1n) is 12.3. The minimum Gasteiger partial charge on any atom is -0.381 e. The third kappa shape index (κ3) is 8.43. The maximum atomic E-state index is 5.82. The molecule has 0 aromatic rings. The number of aliphatic imine (C=N–C) groups is 1. The topological polar surface area (TPSA) is 58.1 Å². The molecule has 176 valence electrons. The van der Waals surface area contributed by atoms with Gasteiger partial charge in [0.1, 0.15) is 0 Å². The number of hydrogen-bond acceptors (Lipinski definition) is 4. The monoisotopic (exact) mass is 536 g/mol. The van der Waals surface area contributed by atoms with Crippen LogP contribution >= 0.6 is 24.0 Å². The van der Waals surface area contributed by atoms with Gasteiger partial charge in [0.05, 0.1) is 19.8 Å². The van der Waals surface area contributed by atoms with Crippen molar-refractivity contribution in [3.05, 3.63) is 0 Å². The van der Waals surface area contributed by atoms with Gasteiger partial charge in [0, 0.05) is 37.8 Å². The van der Waals surface area contributed by atoms with Crippen LogP contribution in [0.4, 0.5) is 0 Å². The normalized spacial score (nSPS) is 25.0. The van der Waals surface area contributed by atoms with Gasteiger partial charge in [0.15, 0.2) is 5.96 Å². The van der Waals surface area contributed by atoms with Crippen molar-refractivity contribution in [3.63, 3.8) is 0 Å². The van der Waals surface area contributed by atoms with Crippen molar-refractivity contribution < 1.29 is 9.47 Å². The number of piperidine rings is 1. The molecule has 6 nitrogen and oxygen atoms in total. The van der Waals surface area contributed by atoms with Gasteiger partial charge in [-0.2, -0.15) is 0 Å². The highest BCUT2D eigenvalue weighted by Gasteiger charge is 2.38. The minimum absolute atomic E-state index is 0. The van der Waals surface area contributed by atoms with Crippen molar-refractivity contribution in [2.45, 2.75) is 76.7 Å². The smallest absolute Gasteiger partial charge is 0.191 e. The van der Waals surface area contributed by atoms with Gasteiger partial charge in [-0.1, -0.05) is 25.7 Å². The fraction of sp³-hybridized carbons (Fsp3) is 0.957. The lowest BCUT2D eigenvalue weighted by atomic mass is 9.79. The minimum atomic E-state index is 0. The van der Waals surface area contributed by atoms with Crippen molar-refractivity contribution in [2.75, 3.05) is 59.2 Å². The molecule has 1 saturated carbocycles. The molecule has 2 heterocycles. The molecule has 1 atom stereocenters. The van der Waals surface area contributed by atoms with E-state index in [1.807, 2.05) is 0 Å². The van der Waals surface area contributed by atoms with Gasteiger partial charge in [-0.3, -0.25) is 9.89 Å². The number of hydrogen-bond donors (Lipinski definition) is 2. The first kappa shape index (κ1) is 26.1. The zero-order valence-corrected chi connectivity index (χ0v) is 21.5. The standard InChI is InChI=1S/C23H44N4O2.HI/c1-2-24-22(25-13-9-16-28-18-21-10-17-29-19-21)26-20-23(11-5-3-6-12-23)27-14-7-4-8-15-27;/h21H,2-20H2,1H3,(H2,24,25,26);1H. The van der Waals surface area contributed by atoms with Crippen molar-refractivity contribution in [1.82, 2.24) is 15.5 Å². The van der Waals surface area contributed by atoms with Gasteiger partial charge in [0.2, 0.25) is 0 Å². The largest absolute Gasteiger partial charge is 0.381 e. The summed E-state index contributed by atoms with van der Waals surface area (Å²) in [4.78, 5) is 7.84. The molecule has 7 heteroatoms. The summed E-state index contributed by atoms with van der Waals surface area (Å²) in [6.45, 7) is 10.8. The van der Waals surface area contributed by atoms with Gasteiger partial charge in [-0.15, -0.1) is 24.0 Å². The molecule has 2 N–H and O–H groups in total. The molecule has 3 rings (SSSR count). The number of ether oxygens (including phenoxy) is 2. The van der Waals surface area contributed by atoms with E-state index in [9.17, 15) is 0 Å². The number of halogens is 1. The van der Waals surface area contributed by atoms with Gasteiger partial charge in [-0.25, -0.2) is 0 Å². The second-order valence-electron chi connectivity index (χ2n) is 9.11. The van der Waals surface area contributed by atoms with E-state index in [-0.39, 0.29) is 24.0 Å². The van der Waals surface area contributed by atoms with Gasteiger partial charge in [0.25, 0.3) is 0 Å². The average Bonchev–Trinajstić information content (AvgIpc) is 3.29. The van der Waals surface area contributed by atoms with Gasteiger partial charge >= 0.3 is 0 Å². The van der Waals surface area contributed by atoms with Crippen molar-refractivity contribution in [3.8, 4) is 0 Å². The van der Waals surface area contributed by atoms with E-state index in [0.29, 0.717) is 11.5 Å². The fourth-order valence-electron chi connectivity index (χ4n) is 5.07. The molecule has 1 unspecified atom stereocenters. The first-order chi connectivity index (χ1) is 14.3. The molecule has 3 fully saturated rings. The van der Waals surface area contributed by atoms with E-state index in [2.05, 4.69) is 22.5 Å². The van der Waals surface area contributed by atoms with Crippen LogP contribution in [-0.4, -0.2) is 75.5 Å². The Bertz CT molecular complexity index is 474. The molecule has 2 saturated heterocycles. The molecular formula is C23H45IN4O2. The second kappa shape index (κ2) is 14.9. The number of likely N-dealkylation sites (tertiary alicyclic amines) is 1. The molecule has 1 aliphatic carbocycles. The van der Waals surface area contributed by atoms with E-state index in [4.69, 9.17) is 14.5 Å². The Morgan fingerprint density at radius 3 is 2.57 bits per heavy atom. The van der Waals surface area contributed by atoms with Crippen LogP contribution in [0.15, 0.2) is 4.99 Å². The summed E-state index contributed by atoms with van der Waals surface area (Å²) in [6, 6.07) is 0. The number of rotatable bonds is 10. The molecule has 0 bridgehead atoms. The highest BCUT2D eigenvalue weighted by molar-refractivity contribution is 14.0. The number of nitrogens with one attached hydrogen (secondary N) is 2. The van der Waals surface area contributed by atoms with E-state index < -0.39 is 0 Å². The van der Waals surface area contributed by atoms with E-state index in [0.717, 1.165) is 64.9 Å². The number of guanidine groups is 1. The highest BCUT2D eigenvalue weighted by atomic mass is 127. The molecule has 2 aliphatic heterocycles. The fourth-order valence-corrected chi connectivity index (χ4v) is 5.07. The number of nitrogens with zero attached hydrogens (tertiary/aromatic N) is 2. The summed E-state index contributed by atoms with van der Waals surface area (Å²) in [5.74, 6) is 1.57. The Labute approximate surface area is 201 Å². The maximum Gasteiger partial charge on any atom is 0.191 e. The molecule has 0 amide bonds. The van der Waals surface area contributed by atoms with Crippen LogP contribution in [0.25, 0.3) is 0 Å². The Kier molecular flexibility index (Phi) is 12.9. The molecule has 0 spiro atoms. The quantitative estimate of drug-likeness (QED) is 0.193. The van der Waals surface area contributed by atoms with E-state index in [1.54, 1.807) is 0 Å². The highest BCUT2D eigenvalue weighted by Crippen LogP contribution is 2.35. The third-order valence-corrected chi connectivity index (χ3v) is 6.82. The SMILES string of the molecule is CCNC(=NCC1(N2CCCCC2)CCCCC1)NCCCOCC1CCOC1.I. The molecular weight excluding hydrogens is 491 g/mol. The Morgan fingerprint density at radius 1 is 1.10 bits per heavy atom. The molecule has 0 aromatic carbocycles.